The van der Waals surface area contributed by atoms with Crippen LogP contribution >= 0.6 is 0 Å². The Balaban J connectivity index is 1.44. The van der Waals surface area contributed by atoms with Gasteiger partial charge in [-0.15, -0.1) is 0 Å². The summed E-state index contributed by atoms with van der Waals surface area (Å²) in [6, 6.07) is 13.0. The van der Waals surface area contributed by atoms with Gasteiger partial charge in [-0.25, -0.2) is 4.98 Å². The van der Waals surface area contributed by atoms with E-state index in [-0.39, 0.29) is 12.5 Å². The van der Waals surface area contributed by atoms with E-state index in [2.05, 4.69) is 20.2 Å². The highest BCUT2D eigenvalue weighted by Crippen LogP contribution is 2.31. The standard InChI is InChI=1S/C25H31N5O3/c1-18-7-8-21-23(28-18)22(9-11-27-21)30-13-10-25(32,17-30)16-29(3)24(31)19-5-4-6-20(15-19)33-14-12-26-2/h4-9,11,15,26,32H,10,12-14,16-17H2,1-3H3/t25-/m1/s1. The van der Waals surface area contributed by atoms with Crippen LogP contribution in [0.15, 0.2) is 48.7 Å². The van der Waals surface area contributed by atoms with Gasteiger partial charge >= 0.3 is 0 Å². The van der Waals surface area contributed by atoms with Gasteiger partial charge in [0.15, 0.2) is 0 Å². The number of fused-ring (bicyclic) bond motifs is 1. The Hall–Kier alpha value is -3.23. The van der Waals surface area contributed by atoms with Crippen LogP contribution < -0.4 is 15.0 Å². The molecule has 33 heavy (non-hydrogen) atoms. The molecule has 3 aromatic rings. The van der Waals surface area contributed by atoms with Crippen molar-refractivity contribution in [3.05, 3.63) is 59.9 Å². The van der Waals surface area contributed by atoms with Crippen LogP contribution in [0.2, 0.25) is 0 Å². The molecule has 1 atom stereocenters. The molecule has 0 aliphatic carbocycles. The number of nitrogens with zero attached hydrogens (tertiary/aromatic N) is 4. The number of likely N-dealkylation sites (N-methyl/N-ethyl adjacent to an activating group) is 2. The number of nitrogens with one attached hydrogen (secondary N) is 1. The molecule has 0 saturated carbocycles. The molecule has 4 rings (SSSR count). The molecule has 0 spiro atoms. The number of amides is 1. The number of carbonyl (C=O) groups is 1. The van der Waals surface area contributed by atoms with Crippen LogP contribution in [0.1, 0.15) is 22.5 Å². The number of aryl methyl sites for hydroxylation is 1. The Morgan fingerprint density at radius 2 is 2.15 bits per heavy atom. The number of carbonyl (C=O) groups excluding carboxylic acids is 1. The maximum Gasteiger partial charge on any atom is 0.253 e. The largest absolute Gasteiger partial charge is 0.492 e. The van der Waals surface area contributed by atoms with E-state index in [9.17, 15) is 9.90 Å². The third kappa shape index (κ3) is 5.23. The van der Waals surface area contributed by atoms with Crippen molar-refractivity contribution < 1.29 is 14.6 Å². The minimum atomic E-state index is -1.01. The fourth-order valence-corrected chi connectivity index (χ4v) is 4.28. The molecule has 0 bridgehead atoms. The van der Waals surface area contributed by atoms with Crippen LogP contribution in [0.3, 0.4) is 0 Å². The lowest BCUT2D eigenvalue weighted by Gasteiger charge is -2.29. The molecule has 8 heteroatoms. The first-order valence-electron chi connectivity index (χ1n) is 11.2. The zero-order valence-electron chi connectivity index (χ0n) is 19.4. The summed E-state index contributed by atoms with van der Waals surface area (Å²) >= 11 is 0. The SMILES string of the molecule is CNCCOc1cccc(C(=O)N(C)C[C@]2(O)CCN(c3ccnc4ccc(C)nc34)C2)c1. The van der Waals surface area contributed by atoms with Gasteiger partial charge in [-0.05, 0) is 56.8 Å². The smallest absolute Gasteiger partial charge is 0.253 e. The summed E-state index contributed by atoms with van der Waals surface area (Å²) in [6.45, 7) is 4.55. The summed E-state index contributed by atoms with van der Waals surface area (Å²) < 4.78 is 5.68. The first-order chi connectivity index (χ1) is 15.9. The molecule has 2 aromatic heterocycles. The lowest BCUT2D eigenvalue weighted by Crippen LogP contribution is -2.45. The summed E-state index contributed by atoms with van der Waals surface area (Å²) in [5.74, 6) is 0.509. The molecule has 1 aliphatic rings. The minimum Gasteiger partial charge on any atom is -0.492 e. The van der Waals surface area contributed by atoms with Crippen LogP contribution in [-0.4, -0.2) is 78.4 Å². The second-order valence-electron chi connectivity index (χ2n) is 8.69. The third-order valence-corrected chi connectivity index (χ3v) is 5.95. The first kappa shape index (κ1) is 22.9. The summed E-state index contributed by atoms with van der Waals surface area (Å²) in [7, 11) is 3.59. The lowest BCUT2D eigenvalue weighted by atomic mass is 10.0. The van der Waals surface area contributed by atoms with Crippen LogP contribution in [0.5, 0.6) is 5.75 Å². The molecule has 0 radical (unpaired) electrons. The van der Waals surface area contributed by atoms with Crippen LogP contribution in [0.4, 0.5) is 5.69 Å². The van der Waals surface area contributed by atoms with Crippen molar-refractivity contribution in [2.24, 2.45) is 0 Å². The Morgan fingerprint density at radius 3 is 2.97 bits per heavy atom. The first-order valence-corrected chi connectivity index (χ1v) is 11.2. The molecule has 1 aliphatic heterocycles. The van der Waals surface area contributed by atoms with Crippen molar-refractivity contribution in [2.45, 2.75) is 18.9 Å². The van der Waals surface area contributed by atoms with Crippen molar-refractivity contribution in [3.63, 3.8) is 0 Å². The van der Waals surface area contributed by atoms with Gasteiger partial charge in [-0.1, -0.05) is 6.07 Å². The van der Waals surface area contributed by atoms with Crippen molar-refractivity contribution in [2.75, 3.05) is 51.8 Å². The van der Waals surface area contributed by atoms with Crippen LogP contribution in [-0.2, 0) is 0 Å². The number of aromatic nitrogens is 2. The quantitative estimate of drug-likeness (QED) is 0.510. The van der Waals surface area contributed by atoms with E-state index in [0.717, 1.165) is 29.0 Å². The molecule has 1 saturated heterocycles. The van der Waals surface area contributed by atoms with Crippen molar-refractivity contribution in [1.29, 1.82) is 0 Å². The predicted octanol–water partition coefficient (Wildman–Crippen LogP) is 2.25. The average Bonchev–Trinajstić information content (AvgIpc) is 3.19. The number of hydrogen-bond donors (Lipinski definition) is 2. The number of ether oxygens (including phenoxy) is 1. The zero-order chi connectivity index (χ0) is 23.4. The molecular weight excluding hydrogens is 418 g/mol. The summed E-state index contributed by atoms with van der Waals surface area (Å²) in [5.41, 5.74) is 3.08. The van der Waals surface area contributed by atoms with Gasteiger partial charge < -0.3 is 25.0 Å². The van der Waals surface area contributed by atoms with E-state index in [1.54, 1.807) is 30.3 Å². The Bertz CT molecular complexity index is 1140. The highest BCUT2D eigenvalue weighted by molar-refractivity contribution is 5.94. The van der Waals surface area contributed by atoms with Crippen LogP contribution in [0, 0.1) is 6.92 Å². The van der Waals surface area contributed by atoms with Crippen molar-refractivity contribution in [1.82, 2.24) is 20.2 Å². The molecule has 1 fully saturated rings. The summed E-state index contributed by atoms with van der Waals surface area (Å²) in [5, 5.41) is 14.3. The predicted molar refractivity (Wildman–Crippen MR) is 129 cm³/mol. The molecule has 0 unspecified atom stereocenters. The van der Waals surface area contributed by atoms with Crippen molar-refractivity contribution in [3.8, 4) is 5.75 Å². The monoisotopic (exact) mass is 449 g/mol. The molecule has 1 amide bonds. The fraction of sp³-hybridized carbons (Fsp3) is 0.400. The molecule has 2 N–H and O–H groups in total. The Morgan fingerprint density at radius 1 is 1.30 bits per heavy atom. The highest BCUT2D eigenvalue weighted by Gasteiger charge is 2.38. The van der Waals surface area contributed by atoms with Gasteiger partial charge in [0.25, 0.3) is 5.91 Å². The maximum absolute atomic E-state index is 13.0. The topological polar surface area (TPSA) is 90.8 Å². The fourth-order valence-electron chi connectivity index (χ4n) is 4.28. The summed E-state index contributed by atoms with van der Waals surface area (Å²) in [6.07, 6.45) is 2.33. The number of anilines is 1. The van der Waals surface area contributed by atoms with Gasteiger partial charge in [0, 0.05) is 44.1 Å². The normalized spacial score (nSPS) is 18.0. The minimum absolute atomic E-state index is 0.146. The number of β-amino-alcohol motifs (C(OH)–C–C–N with tert-alkyl or cyclic N) is 1. The second-order valence-corrected chi connectivity index (χ2v) is 8.69. The second kappa shape index (κ2) is 9.72. The van der Waals surface area contributed by atoms with Crippen molar-refractivity contribution >= 4 is 22.6 Å². The Labute approximate surface area is 194 Å². The lowest BCUT2D eigenvalue weighted by molar-refractivity contribution is 0.0264. The molecular formula is C25H31N5O3. The van der Waals surface area contributed by atoms with Gasteiger partial charge in [-0.3, -0.25) is 9.78 Å². The maximum atomic E-state index is 13.0. The van der Waals surface area contributed by atoms with Gasteiger partial charge in [0.1, 0.15) is 23.5 Å². The number of benzene rings is 1. The number of aliphatic hydroxyl groups is 1. The van der Waals surface area contributed by atoms with E-state index in [4.69, 9.17) is 4.74 Å². The third-order valence-electron chi connectivity index (χ3n) is 5.95. The average molecular weight is 450 g/mol. The van der Waals surface area contributed by atoms with Gasteiger partial charge in [-0.2, -0.15) is 0 Å². The molecule has 1 aromatic carbocycles. The van der Waals surface area contributed by atoms with E-state index >= 15 is 0 Å². The van der Waals surface area contributed by atoms with Gasteiger partial charge in [0.05, 0.1) is 17.7 Å². The highest BCUT2D eigenvalue weighted by atomic mass is 16.5. The Kier molecular flexibility index (Phi) is 6.76. The van der Waals surface area contributed by atoms with E-state index in [0.29, 0.717) is 37.4 Å². The van der Waals surface area contributed by atoms with E-state index < -0.39 is 5.60 Å². The molecule has 174 valence electrons. The van der Waals surface area contributed by atoms with E-state index in [1.807, 2.05) is 44.3 Å². The molecule has 8 nitrogen and oxygen atoms in total. The zero-order valence-corrected chi connectivity index (χ0v) is 19.4. The number of rotatable bonds is 8. The molecule has 3 heterocycles. The van der Waals surface area contributed by atoms with Gasteiger partial charge in [0.2, 0.25) is 0 Å². The summed E-state index contributed by atoms with van der Waals surface area (Å²) in [4.78, 5) is 25.8. The number of pyridine rings is 2. The van der Waals surface area contributed by atoms with Crippen LogP contribution in [0.25, 0.3) is 11.0 Å². The number of hydrogen-bond acceptors (Lipinski definition) is 7. The van der Waals surface area contributed by atoms with E-state index in [1.165, 1.54) is 0 Å².